The van der Waals surface area contributed by atoms with Crippen LogP contribution < -0.4 is 0 Å². The highest BCUT2D eigenvalue weighted by molar-refractivity contribution is 7.89. The van der Waals surface area contributed by atoms with E-state index in [-0.39, 0.29) is 23.6 Å². The topological polar surface area (TPSA) is 49.9 Å². The molecule has 0 amide bonds. The van der Waals surface area contributed by atoms with Gasteiger partial charge in [0.1, 0.15) is 0 Å². The van der Waals surface area contributed by atoms with Gasteiger partial charge in [-0.3, -0.25) is 0 Å². The zero-order valence-corrected chi connectivity index (χ0v) is 20.2. The number of halogens is 3. The maximum atomic E-state index is 13.1. The van der Waals surface area contributed by atoms with Crippen molar-refractivity contribution in [2.24, 2.45) is 0 Å². The van der Waals surface area contributed by atoms with E-state index in [2.05, 4.69) is 18.7 Å². The van der Waals surface area contributed by atoms with Crippen LogP contribution in [0.25, 0.3) is 0 Å². The van der Waals surface area contributed by atoms with Crippen LogP contribution in [0.4, 0.5) is 13.2 Å². The van der Waals surface area contributed by atoms with Crippen molar-refractivity contribution in [1.29, 1.82) is 0 Å². The van der Waals surface area contributed by atoms with Crippen LogP contribution in [0, 0.1) is 0 Å². The molecule has 0 heterocycles. The number of sulfonamides is 1. The van der Waals surface area contributed by atoms with E-state index >= 15 is 0 Å². The Morgan fingerprint density at radius 1 is 0.938 bits per heavy atom. The third kappa shape index (κ3) is 7.43. The maximum Gasteiger partial charge on any atom is 0.416 e. The van der Waals surface area contributed by atoms with Crippen molar-refractivity contribution in [2.75, 3.05) is 32.8 Å². The molecule has 1 saturated carbocycles. The van der Waals surface area contributed by atoms with Gasteiger partial charge < -0.3 is 9.64 Å². The van der Waals surface area contributed by atoms with Crippen molar-refractivity contribution in [2.45, 2.75) is 82.5 Å². The van der Waals surface area contributed by atoms with Crippen molar-refractivity contribution in [3.8, 4) is 0 Å². The standard InChI is InChI=1S/C23H37F3N2O3S/c1-4-27(5-2)17-7-8-18-31-21-13-11-20(12-14-21)28(6-3)32(29,30)22-15-9-19(10-16-22)23(24,25)26/h9-10,15-16,20-21H,4-8,11-14,17-18H2,1-3H3/t20-,21-. The first-order chi connectivity index (χ1) is 15.1. The molecule has 5 nitrogen and oxygen atoms in total. The first-order valence-corrected chi connectivity index (χ1v) is 13.1. The van der Waals surface area contributed by atoms with Crippen molar-refractivity contribution in [3.63, 3.8) is 0 Å². The Balaban J connectivity index is 1.85. The summed E-state index contributed by atoms with van der Waals surface area (Å²) in [5.74, 6) is 0. The second-order valence-corrected chi connectivity index (χ2v) is 10.2. The minimum absolute atomic E-state index is 0.0982. The highest BCUT2D eigenvalue weighted by Crippen LogP contribution is 2.32. The summed E-state index contributed by atoms with van der Waals surface area (Å²) in [5.41, 5.74) is -0.853. The van der Waals surface area contributed by atoms with E-state index in [0.29, 0.717) is 12.8 Å². The fourth-order valence-corrected chi connectivity index (χ4v) is 6.00. The predicted molar refractivity (Wildman–Crippen MR) is 120 cm³/mol. The van der Waals surface area contributed by atoms with E-state index in [4.69, 9.17) is 4.74 Å². The molecule has 1 aromatic rings. The molecule has 0 bridgehead atoms. The third-order valence-electron chi connectivity index (χ3n) is 6.27. The average molecular weight is 479 g/mol. The molecule has 1 aliphatic carbocycles. The van der Waals surface area contributed by atoms with Gasteiger partial charge in [-0.25, -0.2) is 8.42 Å². The lowest BCUT2D eigenvalue weighted by Gasteiger charge is -2.35. The number of rotatable bonds is 12. The van der Waals surface area contributed by atoms with Gasteiger partial charge in [0.15, 0.2) is 0 Å². The molecular formula is C23H37F3N2O3S. The van der Waals surface area contributed by atoms with Gasteiger partial charge in [-0.05, 0) is 82.4 Å². The summed E-state index contributed by atoms with van der Waals surface area (Å²) in [6.07, 6.45) is 0.740. The van der Waals surface area contributed by atoms with Crippen LogP contribution in [0.15, 0.2) is 29.2 Å². The molecule has 0 saturated heterocycles. The molecule has 0 N–H and O–H groups in total. The number of benzene rings is 1. The average Bonchev–Trinajstić information content (AvgIpc) is 2.77. The summed E-state index contributed by atoms with van der Waals surface area (Å²) in [6.45, 7) is 10.3. The second kappa shape index (κ2) is 12.3. The fourth-order valence-electron chi connectivity index (χ4n) is 4.30. The molecule has 2 rings (SSSR count). The van der Waals surface area contributed by atoms with Crippen LogP contribution in [0.5, 0.6) is 0 Å². The summed E-state index contributed by atoms with van der Waals surface area (Å²) in [5, 5.41) is 0. The van der Waals surface area contributed by atoms with E-state index < -0.39 is 21.8 Å². The molecule has 1 aromatic carbocycles. The van der Waals surface area contributed by atoms with E-state index in [1.807, 2.05) is 0 Å². The normalized spacial score (nSPS) is 20.2. The lowest BCUT2D eigenvalue weighted by Crippen LogP contribution is -2.43. The molecule has 0 aliphatic heterocycles. The minimum atomic E-state index is -4.49. The van der Waals surface area contributed by atoms with Gasteiger partial charge >= 0.3 is 6.18 Å². The lowest BCUT2D eigenvalue weighted by atomic mass is 9.93. The molecule has 184 valence electrons. The van der Waals surface area contributed by atoms with Crippen LogP contribution >= 0.6 is 0 Å². The van der Waals surface area contributed by atoms with E-state index in [0.717, 1.165) is 76.2 Å². The van der Waals surface area contributed by atoms with Gasteiger partial charge in [-0.2, -0.15) is 17.5 Å². The summed E-state index contributed by atoms with van der Waals surface area (Å²) >= 11 is 0. The molecule has 0 spiro atoms. The highest BCUT2D eigenvalue weighted by atomic mass is 32.2. The Bertz CT molecular complexity index is 773. The predicted octanol–water partition coefficient (Wildman–Crippen LogP) is 5.17. The van der Waals surface area contributed by atoms with Crippen LogP contribution in [-0.2, 0) is 20.9 Å². The SMILES string of the molecule is CCN(CC)CCCCO[C@H]1CC[C@H](N(CC)S(=O)(=O)c2ccc(C(F)(F)F)cc2)CC1. The van der Waals surface area contributed by atoms with Crippen LogP contribution in [0.3, 0.4) is 0 Å². The largest absolute Gasteiger partial charge is 0.416 e. The summed E-state index contributed by atoms with van der Waals surface area (Å²) in [7, 11) is -3.85. The number of unbranched alkanes of at least 4 members (excludes halogenated alkanes) is 1. The quantitative estimate of drug-likeness (QED) is 0.389. The van der Waals surface area contributed by atoms with E-state index in [1.165, 1.54) is 4.31 Å². The van der Waals surface area contributed by atoms with Crippen LogP contribution in [-0.4, -0.2) is 62.6 Å². The molecule has 32 heavy (non-hydrogen) atoms. The first-order valence-electron chi connectivity index (χ1n) is 11.7. The van der Waals surface area contributed by atoms with E-state index in [9.17, 15) is 21.6 Å². The maximum absolute atomic E-state index is 13.1. The Morgan fingerprint density at radius 2 is 1.53 bits per heavy atom. The molecule has 9 heteroatoms. The Hall–Kier alpha value is -1.16. The molecule has 0 aromatic heterocycles. The lowest BCUT2D eigenvalue weighted by molar-refractivity contribution is -0.137. The van der Waals surface area contributed by atoms with Crippen molar-refractivity contribution in [1.82, 2.24) is 9.21 Å². The second-order valence-electron chi connectivity index (χ2n) is 8.27. The van der Waals surface area contributed by atoms with Gasteiger partial charge in [0.2, 0.25) is 10.0 Å². The Morgan fingerprint density at radius 3 is 2.03 bits per heavy atom. The molecule has 0 radical (unpaired) electrons. The van der Waals surface area contributed by atoms with Gasteiger partial charge in [0, 0.05) is 19.2 Å². The summed E-state index contributed by atoms with van der Waals surface area (Å²) < 4.78 is 72.0. The minimum Gasteiger partial charge on any atom is -0.378 e. The highest BCUT2D eigenvalue weighted by Gasteiger charge is 2.35. The Labute approximate surface area is 191 Å². The number of hydrogen-bond donors (Lipinski definition) is 0. The Kier molecular flexibility index (Phi) is 10.4. The summed E-state index contributed by atoms with van der Waals surface area (Å²) in [4.78, 5) is 2.29. The number of alkyl halides is 3. The smallest absolute Gasteiger partial charge is 0.378 e. The number of nitrogens with zero attached hydrogens (tertiary/aromatic N) is 2. The fraction of sp³-hybridized carbons (Fsp3) is 0.739. The molecule has 0 atom stereocenters. The van der Waals surface area contributed by atoms with Gasteiger partial charge in [0.05, 0.1) is 16.6 Å². The van der Waals surface area contributed by atoms with Crippen molar-refractivity contribution >= 4 is 10.0 Å². The molecule has 0 unspecified atom stereocenters. The zero-order chi connectivity index (χ0) is 23.8. The monoisotopic (exact) mass is 478 g/mol. The third-order valence-corrected chi connectivity index (χ3v) is 8.31. The van der Waals surface area contributed by atoms with Gasteiger partial charge in [-0.1, -0.05) is 20.8 Å². The number of hydrogen-bond acceptors (Lipinski definition) is 4. The number of ether oxygens (including phenoxy) is 1. The van der Waals surface area contributed by atoms with Crippen molar-refractivity contribution < 1.29 is 26.3 Å². The molecule has 1 aliphatic rings. The zero-order valence-electron chi connectivity index (χ0n) is 19.4. The van der Waals surface area contributed by atoms with Crippen molar-refractivity contribution in [3.05, 3.63) is 29.8 Å². The van der Waals surface area contributed by atoms with Gasteiger partial charge in [0.25, 0.3) is 0 Å². The first kappa shape index (κ1) is 27.1. The summed E-state index contributed by atoms with van der Waals surface area (Å²) in [6, 6.07) is 3.59. The molecule has 1 fully saturated rings. The van der Waals surface area contributed by atoms with E-state index in [1.54, 1.807) is 6.92 Å². The van der Waals surface area contributed by atoms with Crippen LogP contribution in [0.1, 0.15) is 64.9 Å². The van der Waals surface area contributed by atoms with Crippen LogP contribution in [0.2, 0.25) is 0 Å². The molecular weight excluding hydrogens is 441 g/mol. The van der Waals surface area contributed by atoms with Gasteiger partial charge in [-0.15, -0.1) is 0 Å².